The molecule has 4 rings (SSSR count). The first-order chi connectivity index (χ1) is 16.2. The third kappa shape index (κ3) is 5.79. The quantitative estimate of drug-likeness (QED) is 0.482. The minimum Gasteiger partial charge on any atom is -0.339 e. The number of carbonyl (C=O) groups is 1. The molecule has 2 heterocycles. The number of hydrogen-bond acceptors (Lipinski definition) is 5. The lowest BCUT2D eigenvalue weighted by molar-refractivity contribution is -0.137. The molecule has 1 aliphatic rings. The van der Waals surface area contributed by atoms with Crippen molar-refractivity contribution in [1.82, 2.24) is 24.6 Å². The summed E-state index contributed by atoms with van der Waals surface area (Å²) in [6.07, 6.45) is -4.35. The Hall–Kier alpha value is -2.85. The number of amides is 1. The van der Waals surface area contributed by atoms with Crippen LogP contribution in [-0.2, 0) is 17.5 Å². The molecule has 1 fully saturated rings. The van der Waals surface area contributed by atoms with Crippen LogP contribution in [-0.4, -0.2) is 62.4 Å². The Balaban J connectivity index is 1.30. The van der Waals surface area contributed by atoms with Crippen molar-refractivity contribution in [3.05, 3.63) is 71.0 Å². The molecule has 0 saturated carbocycles. The van der Waals surface area contributed by atoms with Gasteiger partial charge in [-0.3, -0.25) is 14.3 Å². The number of halogens is 3. The molecule has 1 aromatic heterocycles. The van der Waals surface area contributed by atoms with E-state index >= 15 is 0 Å². The van der Waals surface area contributed by atoms with Gasteiger partial charge in [0.2, 0.25) is 5.91 Å². The monoisotopic (exact) mass is 489 g/mol. The van der Waals surface area contributed by atoms with Crippen molar-refractivity contribution < 1.29 is 18.0 Å². The SMILES string of the molecule is Cc1ccc(-n2c(C)nnc2SCC(=O)N2CCN(Cc3cccc(C(F)(F)F)c3)CC2)cc1. The lowest BCUT2D eigenvalue weighted by Crippen LogP contribution is -2.48. The van der Waals surface area contributed by atoms with Gasteiger partial charge in [0.1, 0.15) is 5.82 Å². The largest absolute Gasteiger partial charge is 0.416 e. The van der Waals surface area contributed by atoms with Gasteiger partial charge in [-0.1, -0.05) is 47.7 Å². The summed E-state index contributed by atoms with van der Waals surface area (Å²) in [5.41, 5.74) is 2.10. The zero-order valence-electron chi connectivity index (χ0n) is 19.0. The molecule has 1 amide bonds. The highest BCUT2D eigenvalue weighted by atomic mass is 32.2. The van der Waals surface area contributed by atoms with Crippen molar-refractivity contribution in [3.8, 4) is 5.69 Å². The maximum absolute atomic E-state index is 13.0. The second-order valence-corrected chi connectivity index (χ2v) is 9.29. The molecule has 0 unspecified atom stereocenters. The average Bonchev–Trinajstić information content (AvgIpc) is 3.18. The number of aromatic nitrogens is 3. The van der Waals surface area contributed by atoms with Gasteiger partial charge >= 0.3 is 6.18 Å². The normalized spacial score (nSPS) is 15.0. The van der Waals surface area contributed by atoms with Gasteiger partial charge in [-0.25, -0.2) is 0 Å². The van der Waals surface area contributed by atoms with Crippen LogP contribution in [0, 0.1) is 13.8 Å². The molecule has 6 nitrogen and oxygen atoms in total. The van der Waals surface area contributed by atoms with E-state index in [9.17, 15) is 18.0 Å². The number of rotatable bonds is 6. The van der Waals surface area contributed by atoms with Gasteiger partial charge in [0.25, 0.3) is 0 Å². The third-order valence-electron chi connectivity index (χ3n) is 5.80. The molecule has 0 N–H and O–H groups in total. The fourth-order valence-corrected chi connectivity index (χ4v) is 4.81. The van der Waals surface area contributed by atoms with E-state index in [0.717, 1.165) is 23.1 Å². The molecular formula is C24H26F3N5OS. The van der Waals surface area contributed by atoms with Crippen molar-refractivity contribution >= 4 is 17.7 Å². The van der Waals surface area contributed by atoms with E-state index in [2.05, 4.69) is 15.1 Å². The van der Waals surface area contributed by atoms with Gasteiger partial charge in [-0.05, 0) is 37.6 Å². The first-order valence-corrected chi connectivity index (χ1v) is 12.0. The minimum atomic E-state index is -4.35. The molecule has 34 heavy (non-hydrogen) atoms. The van der Waals surface area contributed by atoms with E-state index in [1.807, 2.05) is 42.7 Å². The van der Waals surface area contributed by atoms with Crippen LogP contribution in [0.2, 0.25) is 0 Å². The number of thioether (sulfide) groups is 1. The van der Waals surface area contributed by atoms with Gasteiger partial charge < -0.3 is 4.90 Å². The maximum Gasteiger partial charge on any atom is 0.416 e. The molecule has 10 heteroatoms. The van der Waals surface area contributed by atoms with Crippen LogP contribution in [0.15, 0.2) is 53.7 Å². The Bertz CT molecular complexity index is 1140. The van der Waals surface area contributed by atoms with E-state index in [0.29, 0.717) is 43.4 Å². The number of hydrogen-bond donors (Lipinski definition) is 0. The number of aryl methyl sites for hydroxylation is 2. The standard InChI is InChI=1S/C24H26F3N5OS/c1-17-6-8-21(9-7-17)32-18(2)28-29-23(32)34-16-22(33)31-12-10-30(11-13-31)15-19-4-3-5-20(14-19)24(25,26)27/h3-9,14H,10-13,15-16H2,1-2H3. The molecule has 0 aliphatic carbocycles. The Morgan fingerprint density at radius 2 is 1.71 bits per heavy atom. The van der Waals surface area contributed by atoms with Crippen molar-refractivity contribution in [2.45, 2.75) is 31.7 Å². The second-order valence-electron chi connectivity index (χ2n) is 8.34. The van der Waals surface area contributed by atoms with Gasteiger partial charge in [-0.15, -0.1) is 10.2 Å². The van der Waals surface area contributed by atoms with Gasteiger partial charge in [-0.2, -0.15) is 13.2 Å². The molecule has 0 radical (unpaired) electrons. The smallest absolute Gasteiger partial charge is 0.339 e. The zero-order valence-corrected chi connectivity index (χ0v) is 19.9. The Morgan fingerprint density at radius 1 is 1.00 bits per heavy atom. The molecular weight excluding hydrogens is 463 g/mol. The number of piperazine rings is 1. The van der Waals surface area contributed by atoms with Gasteiger partial charge in [0.05, 0.1) is 11.3 Å². The Kier molecular flexibility index (Phi) is 7.27. The molecule has 180 valence electrons. The summed E-state index contributed by atoms with van der Waals surface area (Å²) in [6.45, 7) is 6.65. The summed E-state index contributed by atoms with van der Waals surface area (Å²) in [5, 5.41) is 9.06. The minimum absolute atomic E-state index is 0.0137. The molecule has 3 aromatic rings. The first kappa shape index (κ1) is 24.3. The van der Waals surface area contributed by atoms with Crippen molar-refractivity contribution in [1.29, 1.82) is 0 Å². The summed E-state index contributed by atoms with van der Waals surface area (Å²) in [4.78, 5) is 16.7. The predicted octanol–water partition coefficient (Wildman–Crippen LogP) is 4.34. The lowest BCUT2D eigenvalue weighted by atomic mass is 10.1. The summed E-state index contributed by atoms with van der Waals surface area (Å²) in [5.74, 6) is 1.01. The van der Waals surface area contributed by atoms with Crippen LogP contribution in [0.4, 0.5) is 13.2 Å². The second kappa shape index (κ2) is 10.2. The van der Waals surface area contributed by atoms with Crippen LogP contribution >= 0.6 is 11.8 Å². The average molecular weight is 490 g/mol. The topological polar surface area (TPSA) is 54.3 Å². The maximum atomic E-state index is 13.0. The summed E-state index contributed by atoms with van der Waals surface area (Å²) < 4.78 is 40.8. The van der Waals surface area contributed by atoms with E-state index in [1.165, 1.54) is 23.9 Å². The number of carbonyl (C=O) groups excluding carboxylic acids is 1. The fraction of sp³-hybridized carbons (Fsp3) is 0.375. The molecule has 0 spiro atoms. The number of alkyl halides is 3. The van der Waals surface area contributed by atoms with E-state index in [-0.39, 0.29) is 11.7 Å². The highest BCUT2D eigenvalue weighted by molar-refractivity contribution is 7.99. The van der Waals surface area contributed by atoms with Crippen molar-refractivity contribution in [2.24, 2.45) is 0 Å². The van der Waals surface area contributed by atoms with Gasteiger partial charge in [0.15, 0.2) is 5.16 Å². The van der Waals surface area contributed by atoms with E-state index in [4.69, 9.17) is 0 Å². The van der Waals surface area contributed by atoms with Crippen LogP contribution in [0.25, 0.3) is 5.69 Å². The highest BCUT2D eigenvalue weighted by Gasteiger charge is 2.30. The van der Waals surface area contributed by atoms with Crippen LogP contribution in [0.5, 0.6) is 0 Å². The Morgan fingerprint density at radius 3 is 2.38 bits per heavy atom. The summed E-state index contributed by atoms with van der Waals surface area (Å²) in [7, 11) is 0. The van der Waals surface area contributed by atoms with Crippen molar-refractivity contribution in [2.75, 3.05) is 31.9 Å². The third-order valence-corrected chi connectivity index (χ3v) is 6.71. The summed E-state index contributed by atoms with van der Waals surface area (Å²) >= 11 is 1.35. The fourth-order valence-electron chi connectivity index (χ4n) is 3.90. The molecule has 0 bridgehead atoms. The molecule has 1 saturated heterocycles. The van der Waals surface area contributed by atoms with E-state index < -0.39 is 11.7 Å². The predicted molar refractivity (Wildman–Crippen MR) is 125 cm³/mol. The molecule has 0 atom stereocenters. The zero-order chi connectivity index (χ0) is 24.3. The lowest BCUT2D eigenvalue weighted by Gasteiger charge is -2.34. The number of nitrogens with zero attached hydrogens (tertiary/aromatic N) is 5. The first-order valence-electron chi connectivity index (χ1n) is 11.0. The number of benzene rings is 2. The van der Waals surface area contributed by atoms with E-state index in [1.54, 1.807) is 11.0 Å². The van der Waals surface area contributed by atoms with Gasteiger partial charge in [0, 0.05) is 38.4 Å². The van der Waals surface area contributed by atoms with Crippen LogP contribution in [0.3, 0.4) is 0 Å². The van der Waals surface area contributed by atoms with Crippen molar-refractivity contribution in [3.63, 3.8) is 0 Å². The van der Waals surface area contributed by atoms with Crippen LogP contribution < -0.4 is 0 Å². The summed E-state index contributed by atoms with van der Waals surface area (Å²) in [6, 6.07) is 13.5. The molecule has 2 aromatic carbocycles. The Labute approximate surface area is 200 Å². The highest BCUT2D eigenvalue weighted by Crippen LogP contribution is 2.30. The van der Waals surface area contributed by atoms with Crippen LogP contribution in [0.1, 0.15) is 22.5 Å². The molecule has 1 aliphatic heterocycles.